The van der Waals surface area contributed by atoms with Gasteiger partial charge in [-0.15, -0.1) is 0 Å². The fourth-order valence-electron chi connectivity index (χ4n) is 5.85. The molecule has 4 bridgehead atoms. The van der Waals surface area contributed by atoms with Crippen LogP contribution < -0.4 is 5.32 Å². The maximum Gasteiger partial charge on any atom is 0.0132 e. The van der Waals surface area contributed by atoms with E-state index in [-0.39, 0.29) is 0 Å². The molecule has 2 saturated heterocycles. The Labute approximate surface area is 118 Å². The number of nitrogens with zero attached hydrogens (tertiary/aromatic N) is 1. The minimum Gasteiger partial charge on any atom is -0.314 e. The molecule has 0 aromatic carbocycles. The first-order chi connectivity index (χ1) is 9.35. The zero-order valence-corrected chi connectivity index (χ0v) is 12.5. The van der Waals surface area contributed by atoms with Crippen LogP contribution in [0.1, 0.15) is 64.7 Å². The highest BCUT2D eigenvalue weighted by atomic mass is 15.3. The van der Waals surface area contributed by atoms with E-state index < -0.39 is 0 Å². The summed E-state index contributed by atoms with van der Waals surface area (Å²) in [6, 6.07) is 3.67. The van der Waals surface area contributed by atoms with Gasteiger partial charge in [-0.1, -0.05) is 13.3 Å². The van der Waals surface area contributed by atoms with Crippen molar-refractivity contribution in [3.05, 3.63) is 0 Å². The zero-order valence-electron chi connectivity index (χ0n) is 12.5. The highest BCUT2D eigenvalue weighted by Gasteiger charge is 2.50. The Hall–Kier alpha value is -0.0800. The van der Waals surface area contributed by atoms with Gasteiger partial charge in [0.05, 0.1) is 0 Å². The maximum atomic E-state index is 3.79. The Balaban J connectivity index is 1.42. The third-order valence-corrected chi connectivity index (χ3v) is 6.56. The Morgan fingerprint density at radius 1 is 0.947 bits per heavy atom. The third-order valence-electron chi connectivity index (χ3n) is 6.56. The topological polar surface area (TPSA) is 15.3 Å². The van der Waals surface area contributed by atoms with Crippen molar-refractivity contribution in [3.63, 3.8) is 0 Å². The Kier molecular flexibility index (Phi) is 3.35. The van der Waals surface area contributed by atoms with Crippen LogP contribution in [0.5, 0.6) is 0 Å². The van der Waals surface area contributed by atoms with E-state index in [1.165, 1.54) is 38.6 Å². The summed E-state index contributed by atoms with van der Waals surface area (Å²) in [4.78, 5) is 3.02. The Morgan fingerprint density at radius 2 is 1.74 bits per heavy atom. The van der Waals surface area contributed by atoms with E-state index in [0.29, 0.717) is 0 Å². The number of rotatable bonds is 4. The summed E-state index contributed by atoms with van der Waals surface area (Å²) in [5.41, 5.74) is 0. The third kappa shape index (κ3) is 2.15. The quantitative estimate of drug-likeness (QED) is 0.837. The van der Waals surface area contributed by atoms with Crippen molar-refractivity contribution in [1.29, 1.82) is 0 Å². The number of fused-ring (bicyclic) bond motifs is 4. The van der Waals surface area contributed by atoms with Gasteiger partial charge in [-0.05, 0) is 69.7 Å². The molecule has 2 aliphatic heterocycles. The van der Waals surface area contributed by atoms with E-state index in [4.69, 9.17) is 0 Å². The largest absolute Gasteiger partial charge is 0.314 e. The molecule has 2 heteroatoms. The van der Waals surface area contributed by atoms with Gasteiger partial charge in [-0.2, -0.15) is 0 Å². The lowest BCUT2D eigenvalue weighted by Crippen LogP contribution is -2.54. The first-order valence-electron chi connectivity index (χ1n) is 8.86. The van der Waals surface area contributed by atoms with Gasteiger partial charge in [-0.3, -0.25) is 4.90 Å². The average molecular weight is 262 g/mol. The van der Waals surface area contributed by atoms with Gasteiger partial charge in [0.15, 0.2) is 0 Å². The first kappa shape index (κ1) is 12.6. The van der Waals surface area contributed by atoms with Gasteiger partial charge < -0.3 is 5.32 Å². The van der Waals surface area contributed by atoms with Gasteiger partial charge in [0.2, 0.25) is 0 Å². The summed E-state index contributed by atoms with van der Waals surface area (Å²) in [5, 5.41) is 3.79. The Morgan fingerprint density at radius 3 is 2.32 bits per heavy atom. The van der Waals surface area contributed by atoms with Crippen LogP contribution in [-0.4, -0.2) is 35.6 Å². The highest BCUT2D eigenvalue weighted by Crippen LogP contribution is 2.50. The molecule has 5 unspecified atom stereocenters. The molecule has 4 fully saturated rings. The SMILES string of the molecule is CCCNC1CC2CCC(C1)N2C1CC2CCC1C2. The molecule has 4 rings (SSSR count). The van der Waals surface area contributed by atoms with E-state index in [1.807, 2.05) is 0 Å². The Bertz CT molecular complexity index is 315. The maximum absolute atomic E-state index is 3.79. The fourth-order valence-corrected chi connectivity index (χ4v) is 5.85. The molecule has 0 amide bonds. The van der Waals surface area contributed by atoms with Crippen LogP contribution in [0.4, 0.5) is 0 Å². The summed E-state index contributed by atoms with van der Waals surface area (Å²) in [7, 11) is 0. The molecule has 2 saturated carbocycles. The number of hydrogen-bond acceptors (Lipinski definition) is 2. The highest BCUT2D eigenvalue weighted by molar-refractivity contribution is 5.05. The molecule has 0 aromatic rings. The van der Waals surface area contributed by atoms with Crippen molar-refractivity contribution in [3.8, 4) is 0 Å². The van der Waals surface area contributed by atoms with Crippen LogP contribution in [0.25, 0.3) is 0 Å². The molecule has 0 spiro atoms. The van der Waals surface area contributed by atoms with E-state index >= 15 is 0 Å². The number of piperidine rings is 1. The summed E-state index contributed by atoms with van der Waals surface area (Å²) >= 11 is 0. The molecule has 2 aliphatic carbocycles. The smallest absolute Gasteiger partial charge is 0.0132 e. The molecule has 19 heavy (non-hydrogen) atoms. The van der Waals surface area contributed by atoms with E-state index in [2.05, 4.69) is 17.1 Å². The average Bonchev–Trinajstić information content (AvgIpc) is 3.09. The summed E-state index contributed by atoms with van der Waals surface area (Å²) in [6.45, 7) is 3.50. The lowest BCUT2D eigenvalue weighted by atomic mass is 9.88. The zero-order chi connectivity index (χ0) is 12.8. The fraction of sp³-hybridized carbons (Fsp3) is 1.00. The van der Waals surface area contributed by atoms with Crippen LogP contribution in [-0.2, 0) is 0 Å². The van der Waals surface area contributed by atoms with E-state index in [0.717, 1.165) is 36.0 Å². The van der Waals surface area contributed by atoms with Gasteiger partial charge in [-0.25, -0.2) is 0 Å². The normalized spacial score (nSPS) is 49.1. The van der Waals surface area contributed by atoms with Gasteiger partial charge in [0.25, 0.3) is 0 Å². The molecule has 0 radical (unpaired) electrons. The van der Waals surface area contributed by atoms with Crippen LogP contribution in [0, 0.1) is 11.8 Å². The minimum absolute atomic E-state index is 0.826. The second-order valence-corrected chi connectivity index (χ2v) is 7.70. The predicted molar refractivity (Wildman–Crippen MR) is 79.2 cm³/mol. The van der Waals surface area contributed by atoms with Crippen LogP contribution in [0.2, 0.25) is 0 Å². The summed E-state index contributed by atoms with van der Waals surface area (Å²) in [6.07, 6.45) is 13.3. The second kappa shape index (κ2) is 5.04. The number of nitrogens with one attached hydrogen (secondary N) is 1. The molecule has 1 N–H and O–H groups in total. The van der Waals surface area contributed by atoms with Crippen molar-refractivity contribution in [2.24, 2.45) is 11.8 Å². The molecule has 5 atom stereocenters. The van der Waals surface area contributed by atoms with Crippen LogP contribution in [0.15, 0.2) is 0 Å². The number of hydrogen-bond donors (Lipinski definition) is 1. The lowest BCUT2D eigenvalue weighted by molar-refractivity contribution is 0.0431. The standard InChI is InChI=1S/C17H30N2/c1-2-7-18-14-10-15-5-6-16(11-14)19(15)17-9-12-3-4-13(17)8-12/h12-18H,2-11H2,1H3. The molecule has 2 heterocycles. The van der Waals surface area contributed by atoms with Gasteiger partial charge in [0, 0.05) is 24.2 Å². The minimum atomic E-state index is 0.826. The van der Waals surface area contributed by atoms with Crippen molar-refractivity contribution < 1.29 is 0 Å². The predicted octanol–water partition coefficient (Wildman–Crippen LogP) is 3.17. The van der Waals surface area contributed by atoms with Crippen LogP contribution >= 0.6 is 0 Å². The van der Waals surface area contributed by atoms with E-state index in [1.54, 1.807) is 25.7 Å². The monoisotopic (exact) mass is 262 g/mol. The summed E-state index contributed by atoms with van der Waals surface area (Å²) in [5.74, 6) is 2.18. The molecular formula is C17H30N2. The molecule has 4 aliphatic rings. The van der Waals surface area contributed by atoms with Gasteiger partial charge >= 0.3 is 0 Å². The van der Waals surface area contributed by atoms with Crippen molar-refractivity contribution in [2.75, 3.05) is 6.54 Å². The molecule has 0 aromatic heterocycles. The molecule has 2 nitrogen and oxygen atoms in total. The molecular weight excluding hydrogens is 232 g/mol. The second-order valence-electron chi connectivity index (χ2n) is 7.70. The van der Waals surface area contributed by atoms with Crippen molar-refractivity contribution >= 4 is 0 Å². The van der Waals surface area contributed by atoms with Crippen molar-refractivity contribution in [2.45, 2.75) is 88.9 Å². The van der Waals surface area contributed by atoms with Crippen molar-refractivity contribution in [1.82, 2.24) is 10.2 Å². The molecule has 108 valence electrons. The lowest BCUT2D eigenvalue weighted by Gasteiger charge is -2.45. The van der Waals surface area contributed by atoms with E-state index in [9.17, 15) is 0 Å². The van der Waals surface area contributed by atoms with Gasteiger partial charge in [0.1, 0.15) is 0 Å². The van der Waals surface area contributed by atoms with Crippen LogP contribution in [0.3, 0.4) is 0 Å². The summed E-state index contributed by atoms with van der Waals surface area (Å²) < 4.78 is 0. The first-order valence-corrected chi connectivity index (χ1v) is 8.86.